The highest BCUT2D eigenvalue weighted by atomic mass is 16.5. The standard InChI is InChI=1S/C19H23N3O3/c1-25-18-8-7-16(11-20-18)21-19(24)15-5-2-4-14(10-15)12-22-9-3-6-17(23)13-22/h2,4-5,7-8,10-11,17,23H,3,6,9,12-13H2,1H3,(H,21,24). The molecule has 0 radical (unpaired) electrons. The molecule has 1 amide bonds. The molecular formula is C19H23N3O3. The van der Waals surface area contributed by atoms with Crippen LogP contribution in [0, 0.1) is 0 Å². The molecule has 132 valence electrons. The summed E-state index contributed by atoms with van der Waals surface area (Å²) in [7, 11) is 1.55. The number of aromatic nitrogens is 1. The van der Waals surface area contributed by atoms with Gasteiger partial charge in [-0.25, -0.2) is 4.98 Å². The smallest absolute Gasteiger partial charge is 0.255 e. The summed E-state index contributed by atoms with van der Waals surface area (Å²) in [4.78, 5) is 18.7. The molecule has 6 heteroatoms. The van der Waals surface area contributed by atoms with Gasteiger partial charge in [-0.1, -0.05) is 12.1 Å². The van der Waals surface area contributed by atoms with Gasteiger partial charge in [-0.2, -0.15) is 0 Å². The quantitative estimate of drug-likeness (QED) is 0.873. The van der Waals surface area contributed by atoms with Crippen molar-refractivity contribution in [3.8, 4) is 5.88 Å². The van der Waals surface area contributed by atoms with Gasteiger partial charge in [0.05, 0.1) is 25.1 Å². The van der Waals surface area contributed by atoms with Crippen LogP contribution in [0.5, 0.6) is 5.88 Å². The number of amides is 1. The fourth-order valence-corrected chi connectivity index (χ4v) is 3.02. The van der Waals surface area contributed by atoms with Crippen molar-refractivity contribution in [2.45, 2.75) is 25.5 Å². The summed E-state index contributed by atoms with van der Waals surface area (Å²) in [5.41, 5.74) is 2.29. The van der Waals surface area contributed by atoms with Crippen LogP contribution in [0.15, 0.2) is 42.6 Å². The van der Waals surface area contributed by atoms with Gasteiger partial charge in [0.2, 0.25) is 5.88 Å². The predicted molar refractivity (Wildman–Crippen MR) is 95.7 cm³/mol. The molecule has 1 aromatic carbocycles. The number of aliphatic hydroxyl groups is 1. The average molecular weight is 341 g/mol. The molecule has 1 aliphatic rings. The van der Waals surface area contributed by atoms with E-state index in [-0.39, 0.29) is 12.0 Å². The van der Waals surface area contributed by atoms with Crippen LogP contribution in [-0.4, -0.2) is 47.2 Å². The van der Waals surface area contributed by atoms with Gasteiger partial charge in [-0.05, 0) is 43.1 Å². The van der Waals surface area contributed by atoms with Gasteiger partial charge in [-0.15, -0.1) is 0 Å². The minimum Gasteiger partial charge on any atom is -0.481 e. The number of rotatable bonds is 5. The Balaban J connectivity index is 1.64. The maximum absolute atomic E-state index is 12.4. The maximum Gasteiger partial charge on any atom is 0.255 e. The topological polar surface area (TPSA) is 74.7 Å². The first-order valence-corrected chi connectivity index (χ1v) is 8.45. The molecule has 2 heterocycles. The number of piperidine rings is 1. The molecule has 0 bridgehead atoms. The van der Waals surface area contributed by atoms with Crippen LogP contribution in [0.25, 0.3) is 0 Å². The fraction of sp³-hybridized carbons (Fsp3) is 0.368. The molecule has 6 nitrogen and oxygen atoms in total. The molecule has 0 spiro atoms. The van der Waals surface area contributed by atoms with Crippen molar-refractivity contribution in [1.82, 2.24) is 9.88 Å². The average Bonchev–Trinajstić information content (AvgIpc) is 2.62. The number of benzene rings is 1. The fourth-order valence-electron chi connectivity index (χ4n) is 3.02. The van der Waals surface area contributed by atoms with Crippen molar-refractivity contribution < 1.29 is 14.6 Å². The number of nitrogens with zero attached hydrogens (tertiary/aromatic N) is 2. The number of likely N-dealkylation sites (tertiary alicyclic amines) is 1. The number of hydrogen-bond acceptors (Lipinski definition) is 5. The summed E-state index contributed by atoms with van der Waals surface area (Å²) < 4.78 is 5.01. The van der Waals surface area contributed by atoms with Crippen molar-refractivity contribution >= 4 is 11.6 Å². The summed E-state index contributed by atoms with van der Waals surface area (Å²) in [5, 5.41) is 12.6. The zero-order chi connectivity index (χ0) is 17.6. The van der Waals surface area contributed by atoms with Crippen molar-refractivity contribution in [3.63, 3.8) is 0 Å². The Morgan fingerprint density at radius 1 is 1.40 bits per heavy atom. The molecule has 2 N–H and O–H groups in total. The number of carbonyl (C=O) groups is 1. The lowest BCUT2D eigenvalue weighted by molar-refractivity contribution is 0.0668. The van der Waals surface area contributed by atoms with Crippen LogP contribution in [0.4, 0.5) is 5.69 Å². The normalized spacial score (nSPS) is 17.9. The van der Waals surface area contributed by atoms with E-state index in [1.807, 2.05) is 18.2 Å². The summed E-state index contributed by atoms with van der Waals surface area (Å²) >= 11 is 0. The third kappa shape index (κ3) is 4.78. The molecule has 3 rings (SSSR count). The van der Waals surface area contributed by atoms with Crippen molar-refractivity contribution in [1.29, 1.82) is 0 Å². The summed E-state index contributed by atoms with van der Waals surface area (Å²) in [6, 6.07) is 11.0. The molecule has 0 saturated carbocycles. The monoisotopic (exact) mass is 341 g/mol. The lowest BCUT2D eigenvalue weighted by Gasteiger charge is -2.30. The van der Waals surface area contributed by atoms with Crippen molar-refractivity contribution in [2.24, 2.45) is 0 Å². The van der Waals surface area contributed by atoms with Crippen molar-refractivity contribution in [3.05, 3.63) is 53.7 Å². The summed E-state index contributed by atoms with van der Waals surface area (Å²) in [5.74, 6) is 0.330. The lowest BCUT2D eigenvalue weighted by Crippen LogP contribution is -2.37. The van der Waals surface area contributed by atoms with Gasteiger partial charge in [-0.3, -0.25) is 9.69 Å². The van der Waals surface area contributed by atoms with E-state index in [1.165, 1.54) is 0 Å². The second kappa shape index (κ2) is 8.09. The van der Waals surface area contributed by atoms with Gasteiger partial charge in [0.15, 0.2) is 0 Å². The van der Waals surface area contributed by atoms with Crippen LogP contribution >= 0.6 is 0 Å². The highest BCUT2D eigenvalue weighted by molar-refractivity contribution is 6.04. The van der Waals surface area contributed by atoms with E-state index >= 15 is 0 Å². The molecular weight excluding hydrogens is 318 g/mol. The van der Waals surface area contributed by atoms with E-state index in [1.54, 1.807) is 31.5 Å². The minimum atomic E-state index is -0.247. The van der Waals surface area contributed by atoms with Crippen LogP contribution < -0.4 is 10.1 Å². The van der Waals surface area contributed by atoms with Gasteiger partial charge >= 0.3 is 0 Å². The molecule has 1 saturated heterocycles. The number of ether oxygens (including phenoxy) is 1. The second-order valence-electron chi connectivity index (χ2n) is 6.27. The third-order valence-corrected chi connectivity index (χ3v) is 4.28. The van der Waals surface area contributed by atoms with E-state index in [0.29, 0.717) is 23.7 Å². The highest BCUT2D eigenvalue weighted by Crippen LogP contribution is 2.16. The second-order valence-corrected chi connectivity index (χ2v) is 6.27. The number of pyridine rings is 1. The molecule has 25 heavy (non-hydrogen) atoms. The number of nitrogens with one attached hydrogen (secondary N) is 1. The Hall–Kier alpha value is -2.44. The molecule has 1 unspecified atom stereocenters. The zero-order valence-electron chi connectivity index (χ0n) is 14.3. The molecule has 0 aliphatic carbocycles. The van der Waals surface area contributed by atoms with Crippen LogP contribution in [0.3, 0.4) is 0 Å². The Kier molecular flexibility index (Phi) is 5.63. The molecule has 1 aliphatic heterocycles. The predicted octanol–water partition coefficient (Wildman–Crippen LogP) is 2.30. The molecule has 1 aromatic heterocycles. The molecule has 2 aromatic rings. The van der Waals surface area contributed by atoms with Gasteiger partial charge < -0.3 is 15.2 Å². The Bertz CT molecular complexity index is 718. The number of hydrogen-bond donors (Lipinski definition) is 2. The minimum absolute atomic E-state index is 0.174. The van der Waals surface area contributed by atoms with Crippen LogP contribution in [0.2, 0.25) is 0 Å². The first-order valence-electron chi connectivity index (χ1n) is 8.45. The van der Waals surface area contributed by atoms with E-state index in [4.69, 9.17) is 4.74 Å². The summed E-state index contributed by atoms with van der Waals surface area (Å²) in [6.07, 6.45) is 3.19. The van der Waals surface area contributed by atoms with E-state index in [0.717, 1.165) is 31.5 Å². The van der Waals surface area contributed by atoms with Gasteiger partial charge in [0.25, 0.3) is 5.91 Å². The molecule has 1 atom stereocenters. The van der Waals surface area contributed by atoms with Crippen LogP contribution in [-0.2, 0) is 6.54 Å². The van der Waals surface area contributed by atoms with Crippen molar-refractivity contribution in [2.75, 3.05) is 25.5 Å². The highest BCUT2D eigenvalue weighted by Gasteiger charge is 2.18. The number of aliphatic hydroxyl groups excluding tert-OH is 1. The van der Waals surface area contributed by atoms with Gasteiger partial charge in [0, 0.05) is 24.7 Å². The third-order valence-electron chi connectivity index (χ3n) is 4.28. The first-order chi connectivity index (χ1) is 12.1. The van der Waals surface area contributed by atoms with Crippen LogP contribution in [0.1, 0.15) is 28.8 Å². The Morgan fingerprint density at radius 2 is 2.28 bits per heavy atom. The number of β-amino-alcohol motifs (C(OH)–C–C–N with tert-alkyl or cyclic N) is 1. The summed E-state index contributed by atoms with van der Waals surface area (Å²) in [6.45, 7) is 2.40. The largest absolute Gasteiger partial charge is 0.481 e. The Morgan fingerprint density at radius 3 is 3.00 bits per heavy atom. The Labute approximate surface area is 147 Å². The van der Waals surface area contributed by atoms with E-state index < -0.39 is 0 Å². The SMILES string of the molecule is COc1ccc(NC(=O)c2cccc(CN3CCCC(O)C3)c2)cn1. The first kappa shape index (κ1) is 17.4. The van der Waals surface area contributed by atoms with E-state index in [9.17, 15) is 9.90 Å². The lowest BCUT2D eigenvalue weighted by atomic mass is 10.1. The number of carbonyl (C=O) groups excluding carboxylic acids is 1. The maximum atomic E-state index is 12.4. The zero-order valence-corrected chi connectivity index (χ0v) is 14.3. The number of anilines is 1. The van der Waals surface area contributed by atoms with Gasteiger partial charge in [0.1, 0.15) is 0 Å². The number of methoxy groups -OCH3 is 1. The van der Waals surface area contributed by atoms with E-state index in [2.05, 4.69) is 15.2 Å². The molecule has 1 fully saturated rings.